The molecule has 4 heteroatoms. The third-order valence-electron chi connectivity index (χ3n) is 5.56. The van der Waals surface area contributed by atoms with Gasteiger partial charge in [0.2, 0.25) is 5.78 Å². The van der Waals surface area contributed by atoms with Crippen molar-refractivity contribution in [3.63, 3.8) is 0 Å². The summed E-state index contributed by atoms with van der Waals surface area (Å²) in [6.45, 7) is 15.4. The molecule has 0 aliphatic heterocycles. The average molecular weight is 354 g/mol. The predicted octanol–water partition coefficient (Wildman–Crippen LogP) is 4.63. The maximum Gasteiger partial charge on any atom is 0.207 e. The van der Waals surface area contributed by atoms with E-state index < -0.39 is 0 Å². The molecule has 0 spiro atoms. The number of nitrogens with zero attached hydrogens (tertiary/aromatic N) is 2. The molecule has 0 saturated heterocycles. The number of carbonyl (C=O) groups is 2. The minimum Gasteiger partial charge on any atom is -0.289 e. The molecule has 0 saturated carbocycles. The molecule has 2 aliphatic rings. The fourth-order valence-corrected chi connectivity index (χ4v) is 3.12. The van der Waals surface area contributed by atoms with Crippen LogP contribution < -0.4 is 0 Å². The van der Waals surface area contributed by atoms with Crippen LogP contribution in [0.3, 0.4) is 0 Å². The lowest BCUT2D eigenvalue weighted by molar-refractivity contribution is -0.112. The summed E-state index contributed by atoms with van der Waals surface area (Å²) in [6, 6.07) is 0. The van der Waals surface area contributed by atoms with Crippen molar-refractivity contribution in [2.45, 2.75) is 55.4 Å². The molecule has 2 rings (SSSR count). The second kappa shape index (κ2) is 8.35. The zero-order chi connectivity index (χ0) is 20.3. The topological polar surface area (TPSA) is 58.9 Å². The van der Waals surface area contributed by atoms with Crippen molar-refractivity contribution in [1.82, 2.24) is 0 Å². The van der Waals surface area contributed by atoms with Gasteiger partial charge in [-0.25, -0.2) is 0 Å². The van der Waals surface area contributed by atoms with Gasteiger partial charge >= 0.3 is 0 Å². The zero-order valence-corrected chi connectivity index (χ0v) is 17.7. The summed E-state index contributed by atoms with van der Waals surface area (Å²) in [4.78, 5) is 31.6. The van der Waals surface area contributed by atoms with E-state index in [-0.39, 0.29) is 11.6 Å². The molecule has 0 aromatic rings. The lowest BCUT2D eigenvalue weighted by atomic mass is 9.86. The van der Waals surface area contributed by atoms with Gasteiger partial charge in [0.1, 0.15) is 5.71 Å². The van der Waals surface area contributed by atoms with Crippen molar-refractivity contribution in [1.29, 1.82) is 0 Å². The molecule has 0 N–H and O–H groups in total. The molecule has 2 aliphatic carbocycles. The molecule has 0 heterocycles. The molecule has 0 aromatic heterocycles. The van der Waals surface area contributed by atoms with E-state index in [4.69, 9.17) is 0 Å². The van der Waals surface area contributed by atoms with Gasteiger partial charge < -0.3 is 0 Å². The van der Waals surface area contributed by atoms with Gasteiger partial charge in [-0.3, -0.25) is 19.6 Å². The summed E-state index contributed by atoms with van der Waals surface area (Å²) in [5.41, 5.74) is 9.35. The molecule has 0 atom stereocenters. The Labute approximate surface area is 157 Å². The lowest BCUT2D eigenvalue weighted by Crippen LogP contribution is -2.22. The van der Waals surface area contributed by atoms with Crippen molar-refractivity contribution in [3.8, 4) is 0 Å². The van der Waals surface area contributed by atoms with Crippen molar-refractivity contribution in [2.75, 3.05) is 14.1 Å². The minimum atomic E-state index is 0.0723. The normalized spacial score (nSPS) is 20.2. The van der Waals surface area contributed by atoms with Crippen LogP contribution in [0.25, 0.3) is 0 Å². The highest BCUT2D eigenvalue weighted by Gasteiger charge is 2.24. The number of allylic oxidation sites excluding steroid dienone is 8. The highest BCUT2D eigenvalue weighted by atomic mass is 16.1. The van der Waals surface area contributed by atoms with E-state index >= 15 is 0 Å². The summed E-state index contributed by atoms with van der Waals surface area (Å²) in [5.74, 6) is 0.227. The Kier molecular flexibility index (Phi) is 6.96. The van der Waals surface area contributed by atoms with E-state index in [2.05, 4.69) is 9.98 Å². The van der Waals surface area contributed by atoms with Crippen molar-refractivity contribution in [3.05, 3.63) is 44.6 Å². The summed E-state index contributed by atoms with van der Waals surface area (Å²) in [6.07, 6.45) is 0. The van der Waals surface area contributed by atoms with Crippen molar-refractivity contribution < 1.29 is 9.59 Å². The van der Waals surface area contributed by atoms with Crippen molar-refractivity contribution in [2.24, 2.45) is 9.98 Å². The largest absolute Gasteiger partial charge is 0.289 e. The Morgan fingerprint density at radius 2 is 0.731 bits per heavy atom. The molecule has 0 fully saturated rings. The first kappa shape index (κ1) is 21.7. The van der Waals surface area contributed by atoms with Crippen LogP contribution in [0.5, 0.6) is 0 Å². The molecule has 0 unspecified atom stereocenters. The van der Waals surface area contributed by atoms with E-state index in [9.17, 15) is 9.59 Å². The van der Waals surface area contributed by atoms with Crippen LogP contribution in [0.2, 0.25) is 0 Å². The van der Waals surface area contributed by atoms with E-state index in [1.807, 2.05) is 55.4 Å². The number of carbonyl (C=O) groups excluding carboxylic acids is 2. The number of rotatable bonds is 0. The molecule has 0 radical (unpaired) electrons. The van der Waals surface area contributed by atoms with E-state index in [1.165, 1.54) is 5.57 Å². The Balaban J connectivity index is 0.000000260. The molecule has 0 bridgehead atoms. The summed E-state index contributed by atoms with van der Waals surface area (Å²) in [7, 11) is 3.43. The number of ketones is 2. The Hall–Kier alpha value is -2.36. The summed E-state index contributed by atoms with van der Waals surface area (Å²) in [5, 5.41) is 0. The fourth-order valence-electron chi connectivity index (χ4n) is 3.12. The quantitative estimate of drug-likeness (QED) is 0.470. The van der Waals surface area contributed by atoms with Gasteiger partial charge in [-0.1, -0.05) is 0 Å². The van der Waals surface area contributed by atoms with E-state index in [1.54, 1.807) is 14.1 Å². The average Bonchev–Trinajstić information content (AvgIpc) is 2.63. The van der Waals surface area contributed by atoms with Crippen LogP contribution in [0, 0.1) is 0 Å². The van der Waals surface area contributed by atoms with Crippen LogP contribution in [0.15, 0.2) is 54.6 Å². The van der Waals surface area contributed by atoms with Crippen LogP contribution in [-0.2, 0) is 9.59 Å². The highest BCUT2D eigenvalue weighted by molar-refractivity contribution is 6.52. The van der Waals surface area contributed by atoms with Crippen LogP contribution in [0.1, 0.15) is 55.4 Å². The smallest absolute Gasteiger partial charge is 0.207 e. The first-order valence-electron chi connectivity index (χ1n) is 8.75. The summed E-state index contributed by atoms with van der Waals surface area (Å²) < 4.78 is 0. The number of hydrogen-bond acceptors (Lipinski definition) is 4. The molecule has 0 aromatic carbocycles. The number of Topliss-reactive ketones (excluding diaryl/α,β-unsaturated/α-hetero) is 2. The second-order valence-electron chi connectivity index (χ2n) is 6.80. The molecular formula is C22H30N2O2. The standard InChI is InChI=1S/2C11H15NO/c1-6-8(3)11(13)9(4)7(2)10(6)12-5;1-6-7(2)9(4)11(13)10(12-5)8(6)3/h2*1-5H3. The first-order chi connectivity index (χ1) is 12.0. The molecule has 140 valence electrons. The Morgan fingerprint density at radius 1 is 0.423 bits per heavy atom. The number of hydrogen-bond donors (Lipinski definition) is 0. The van der Waals surface area contributed by atoms with Gasteiger partial charge in [0, 0.05) is 30.8 Å². The second-order valence-corrected chi connectivity index (χ2v) is 6.80. The molecule has 26 heavy (non-hydrogen) atoms. The van der Waals surface area contributed by atoms with Crippen LogP contribution in [0.4, 0.5) is 0 Å². The minimum absolute atomic E-state index is 0.0723. The van der Waals surface area contributed by atoms with Gasteiger partial charge in [-0.2, -0.15) is 0 Å². The van der Waals surface area contributed by atoms with Gasteiger partial charge in [-0.05, 0) is 83.3 Å². The van der Waals surface area contributed by atoms with Gasteiger partial charge in [-0.15, -0.1) is 0 Å². The predicted molar refractivity (Wildman–Crippen MR) is 110 cm³/mol. The monoisotopic (exact) mass is 354 g/mol. The van der Waals surface area contributed by atoms with Gasteiger partial charge in [0.25, 0.3) is 0 Å². The lowest BCUT2D eigenvalue weighted by Gasteiger charge is -2.18. The van der Waals surface area contributed by atoms with E-state index in [0.29, 0.717) is 5.71 Å². The molecular weight excluding hydrogens is 324 g/mol. The first-order valence-corrected chi connectivity index (χ1v) is 8.75. The number of aliphatic imine (C=N–C) groups is 2. The Morgan fingerprint density at radius 3 is 1.12 bits per heavy atom. The Bertz CT molecular complexity index is 823. The summed E-state index contributed by atoms with van der Waals surface area (Å²) >= 11 is 0. The van der Waals surface area contributed by atoms with Crippen LogP contribution in [-0.4, -0.2) is 37.1 Å². The third-order valence-corrected chi connectivity index (χ3v) is 5.56. The fraction of sp³-hybridized carbons (Fsp3) is 0.455. The van der Waals surface area contributed by atoms with Gasteiger partial charge in [0.05, 0.1) is 5.71 Å². The third kappa shape index (κ3) is 3.74. The van der Waals surface area contributed by atoms with Crippen molar-refractivity contribution >= 4 is 23.0 Å². The molecule has 0 amide bonds. The SMILES string of the molecule is CN=C1C(=O)C(C)=C(C)C(C)=C1C.CN=C1C(C)=C(C)C(=O)C(C)=C1C. The maximum atomic E-state index is 11.7. The highest BCUT2D eigenvalue weighted by Crippen LogP contribution is 2.26. The zero-order valence-electron chi connectivity index (χ0n) is 17.7. The van der Waals surface area contributed by atoms with Gasteiger partial charge in [0.15, 0.2) is 5.78 Å². The van der Waals surface area contributed by atoms with E-state index in [0.717, 1.165) is 44.7 Å². The molecule has 4 nitrogen and oxygen atoms in total. The van der Waals surface area contributed by atoms with Crippen LogP contribution >= 0.6 is 0 Å². The maximum absolute atomic E-state index is 11.7.